The summed E-state index contributed by atoms with van der Waals surface area (Å²) in [5.74, 6) is -0.500. The van der Waals surface area contributed by atoms with E-state index in [-0.39, 0.29) is 47.2 Å². The van der Waals surface area contributed by atoms with E-state index in [9.17, 15) is 12.8 Å². The molecule has 1 unspecified atom stereocenters. The third kappa shape index (κ3) is 7.44. The molecule has 0 saturated carbocycles. The summed E-state index contributed by atoms with van der Waals surface area (Å²) in [5, 5.41) is 5.94. The Morgan fingerprint density at radius 1 is 1.39 bits per heavy atom. The molecule has 0 bridgehead atoms. The van der Waals surface area contributed by atoms with Crippen LogP contribution in [0.2, 0.25) is 0 Å². The average Bonchev–Trinajstić information content (AvgIpc) is 2.46. The minimum absolute atomic E-state index is 0. The fraction of sp³-hybridized carbons (Fsp3) is 0.500. The minimum Gasteiger partial charge on any atom is -0.383 e. The molecule has 132 valence electrons. The van der Waals surface area contributed by atoms with Crippen LogP contribution in [-0.2, 0) is 14.6 Å². The first-order chi connectivity index (χ1) is 10.4. The Bertz CT molecular complexity index is 611. The molecule has 0 aliphatic heterocycles. The SMILES string of the molecule is CN=C(NCCS(=O)(=O)c1ccccc1F)NC(C)COC.I. The van der Waals surface area contributed by atoms with Gasteiger partial charge in [0.2, 0.25) is 0 Å². The van der Waals surface area contributed by atoms with Gasteiger partial charge in [-0.25, -0.2) is 12.8 Å². The van der Waals surface area contributed by atoms with Crippen LogP contribution in [0.25, 0.3) is 0 Å². The number of halogens is 2. The number of guanidine groups is 1. The summed E-state index contributed by atoms with van der Waals surface area (Å²) in [4.78, 5) is 3.71. The fourth-order valence-corrected chi connectivity index (χ4v) is 3.07. The lowest BCUT2D eigenvalue weighted by Crippen LogP contribution is -2.45. The van der Waals surface area contributed by atoms with Gasteiger partial charge in [0.1, 0.15) is 10.7 Å². The van der Waals surface area contributed by atoms with Gasteiger partial charge in [-0.2, -0.15) is 0 Å². The first kappa shape index (κ1) is 22.1. The molecule has 1 atom stereocenters. The van der Waals surface area contributed by atoms with E-state index in [1.165, 1.54) is 18.2 Å². The van der Waals surface area contributed by atoms with Gasteiger partial charge in [-0.15, -0.1) is 24.0 Å². The summed E-state index contributed by atoms with van der Waals surface area (Å²) in [5.41, 5.74) is 0. The highest BCUT2D eigenvalue weighted by Crippen LogP contribution is 2.14. The molecule has 2 N–H and O–H groups in total. The molecule has 0 saturated heterocycles. The highest BCUT2D eigenvalue weighted by Gasteiger charge is 2.18. The number of aliphatic imine (C=N–C) groups is 1. The standard InChI is InChI=1S/C14H22FN3O3S.HI/c1-11(10-21-3)18-14(16-2)17-8-9-22(19,20)13-7-5-4-6-12(13)15;/h4-7,11H,8-10H2,1-3H3,(H2,16,17,18);1H. The molecule has 0 fully saturated rings. The number of rotatable bonds is 7. The van der Waals surface area contributed by atoms with Crippen LogP contribution in [0.15, 0.2) is 34.2 Å². The van der Waals surface area contributed by atoms with Crippen molar-refractivity contribution >= 4 is 39.8 Å². The van der Waals surface area contributed by atoms with E-state index in [1.54, 1.807) is 14.2 Å². The number of sulfone groups is 1. The van der Waals surface area contributed by atoms with E-state index < -0.39 is 15.7 Å². The van der Waals surface area contributed by atoms with Crippen molar-refractivity contribution in [3.8, 4) is 0 Å². The van der Waals surface area contributed by atoms with E-state index in [0.29, 0.717) is 12.6 Å². The summed E-state index contributed by atoms with van der Waals surface area (Å²) in [6.45, 7) is 2.52. The first-order valence-corrected chi connectivity index (χ1v) is 8.49. The molecular formula is C14H23FIN3O3S. The molecule has 23 heavy (non-hydrogen) atoms. The van der Waals surface area contributed by atoms with Crippen LogP contribution in [0.4, 0.5) is 4.39 Å². The van der Waals surface area contributed by atoms with Crippen molar-refractivity contribution < 1.29 is 17.5 Å². The summed E-state index contributed by atoms with van der Waals surface area (Å²) in [6, 6.07) is 5.37. The summed E-state index contributed by atoms with van der Waals surface area (Å²) < 4.78 is 42.7. The zero-order chi connectivity index (χ0) is 16.6. The Hall–Kier alpha value is -0.940. The second kappa shape index (κ2) is 10.8. The molecule has 0 radical (unpaired) electrons. The van der Waals surface area contributed by atoms with Crippen molar-refractivity contribution in [3.05, 3.63) is 30.1 Å². The Morgan fingerprint density at radius 2 is 2.04 bits per heavy atom. The number of ether oxygens (including phenoxy) is 1. The maximum Gasteiger partial charge on any atom is 0.191 e. The minimum atomic E-state index is -3.68. The van der Waals surface area contributed by atoms with Crippen LogP contribution in [0.1, 0.15) is 6.92 Å². The van der Waals surface area contributed by atoms with Crippen molar-refractivity contribution in [3.63, 3.8) is 0 Å². The summed E-state index contributed by atoms with van der Waals surface area (Å²) in [6.07, 6.45) is 0. The normalized spacial score (nSPS) is 13.1. The zero-order valence-corrected chi connectivity index (χ0v) is 16.5. The van der Waals surface area contributed by atoms with Gasteiger partial charge in [0.25, 0.3) is 0 Å². The van der Waals surface area contributed by atoms with E-state index in [2.05, 4.69) is 15.6 Å². The first-order valence-electron chi connectivity index (χ1n) is 6.84. The van der Waals surface area contributed by atoms with Gasteiger partial charge in [-0.1, -0.05) is 12.1 Å². The predicted octanol–water partition coefficient (Wildman–Crippen LogP) is 1.42. The van der Waals surface area contributed by atoms with Gasteiger partial charge in [0.15, 0.2) is 15.8 Å². The molecule has 6 nitrogen and oxygen atoms in total. The Morgan fingerprint density at radius 3 is 2.61 bits per heavy atom. The topological polar surface area (TPSA) is 79.8 Å². The van der Waals surface area contributed by atoms with Crippen molar-refractivity contribution in [2.24, 2.45) is 4.99 Å². The molecule has 0 aromatic heterocycles. The smallest absolute Gasteiger partial charge is 0.191 e. The lowest BCUT2D eigenvalue weighted by molar-refractivity contribution is 0.179. The quantitative estimate of drug-likeness (QED) is 0.367. The lowest BCUT2D eigenvalue weighted by Gasteiger charge is -2.17. The van der Waals surface area contributed by atoms with Gasteiger partial charge >= 0.3 is 0 Å². The van der Waals surface area contributed by atoms with Crippen LogP contribution >= 0.6 is 24.0 Å². The predicted molar refractivity (Wildman–Crippen MR) is 99.7 cm³/mol. The fourth-order valence-electron chi connectivity index (χ4n) is 1.83. The molecule has 9 heteroatoms. The molecule has 0 heterocycles. The van der Waals surface area contributed by atoms with E-state index >= 15 is 0 Å². The number of hydrogen-bond acceptors (Lipinski definition) is 4. The van der Waals surface area contributed by atoms with Crippen molar-refractivity contribution in [1.82, 2.24) is 10.6 Å². The summed E-state index contributed by atoms with van der Waals surface area (Å²) >= 11 is 0. The third-order valence-electron chi connectivity index (χ3n) is 2.86. The largest absolute Gasteiger partial charge is 0.383 e. The number of nitrogens with zero attached hydrogens (tertiary/aromatic N) is 1. The van der Waals surface area contributed by atoms with Crippen LogP contribution in [-0.4, -0.2) is 53.5 Å². The summed E-state index contributed by atoms with van der Waals surface area (Å²) in [7, 11) is -0.502. The molecule has 1 rings (SSSR count). The number of benzene rings is 1. The van der Waals surface area contributed by atoms with Crippen LogP contribution in [0.5, 0.6) is 0 Å². The van der Waals surface area contributed by atoms with Crippen molar-refractivity contribution in [2.75, 3.05) is 33.1 Å². The molecule has 0 aliphatic rings. The second-order valence-corrected chi connectivity index (χ2v) is 6.83. The number of nitrogens with one attached hydrogen (secondary N) is 2. The number of hydrogen-bond donors (Lipinski definition) is 2. The van der Waals surface area contributed by atoms with Crippen molar-refractivity contribution in [1.29, 1.82) is 0 Å². The van der Waals surface area contributed by atoms with E-state index in [1.807, 2.05) is 6.92 Å². The van der Waals surface area contributed by atoms with E-state index in [0.717, 1.165) is 6.07 Å². The monoisotopic (exact) mass is 459 g/mol. The third-order valence-corrected chi connectivity index (χ3v) is 4.60. The molecule has 0 amide bonds. The molecule has 1 aromatic carbocycles. The van der Waals surface area contributed by atoms with Crippen LogP contribution in [0, 0.1) is 5.82 Å². The average molecular weight is 459 g/mol. The van der Waals surface area contributed by atoms with Gasteiger partial charge < -0.3 is 15.4 Å². The molecule has 1 aromatic rings. The molecular weight excluding hydrogens is 436 g/mol. The van der Waals surface area contributed by atoms with E-state index in [4.69, 9.17) is 4.74 Å². The van der Waals surface area contributed by atoms with Gasteiger partial charge in [-0.05, 0) is 19.1 Å². The highest BCUT2D eigenvalue weighted by molar-refractivity contribution is 14.0. The molecule has 0 aliphatic carbocycles. The Kier molecular flexibility index (Phi) is 10.3. The highest BCUT2D eigenvalue weighted by atomic mass is 127. The Balaban J connectivity index is 0.00000484. The Labute approximate surface area is 153 Å². The maximum absolute atomic E-state index is 13.5. The van der Waals surface area contributed by atoms with Crippen LogP contribution < -0.4 is 10.6 Å². The van der Waals surface area contributed by atoms with Gasteiger partial charge in [-0.3, -0.25) is 4.99 Å². The zero-order valence-electron chi connectivity index (χ0n) is 13.4. The van der Waals surface area contributed by atoms with Gasteiger partial charge in [0.05, 0.1) is 12.4 Å². The van der Waals surface area contributed by atoms with Gasteiger partial charge in [0, 0.05) is 26.7 Å². The number of methoxy groups -OCH3 is 1. The molecule has 0 spiro atoms. The maximum atomic E-state index is 13.5. The lowest BCUT2D eigenvalue weighted by atomic mass is 10.3. The van der Waals surface area contributed by atoms with Crippen LogP contribution in [0.3, 0.4) is 0 Å². The second-order valence-electron chi connectivity index (χ2n) is 4.75. The van der Waals surface area contributed by atoms with Crippen molar-refractivity contribution in [2.45, 2.75) is 17.9 Å².